The molecule has 3 heterocycles. The number of methoxy groups -OCH3 is 1. The molecule has 3 fully saturated rings. The Morgan fingerprint density at radius 3 is 1.71 bits per heavy atom. The molecule has 286 valence electrons. The second-order valence-electron chi connectivity index (χ2n) is 12.5. The first-order valence-electron chi connectivity index (χ1n) is 16.5. The van der Waals surface area contributed by atoms with Gasteiger partial charge in [0.2, 0.25) is 5.91 Å². The molecule has 0 radical (unpaired) electrons. The van der Waals surface area contributed by atoms with Gasteiger partial charge in [-0.3, -0.25) is 9.59 Å². The normalized spacial score (nSPS) is 39.8. The van der Waals surface area contributed by atoms with Crippen molar-refractivity contribution < 1.29 is 89.1 Å². The van der Waals surface area contributed by atoms with E-state index in [2.05, 4.69) is 4.74 Å². The standard InChI is InChI=1S/C30H53NO18/c1-14(35)31(10-8-6-4-3-5-7-9-18(36)44-2)19-22(39)26(17(13-34)45-28(19)43)48-30-25(42)27(21(38)16(12-33)47-30)49-29-24(41)23(40)20(37)15(11-32)46-29/h15-17,19-30,32-34,37-43H,3-13H2,1-2H3/t15-,16-,17-,19-,20+,21+,22-,23+,24-,25-,26-,27+,28-,29-,30+/m1/s1. The van der Waals surface area contributed by atoms with Crippen LogP contribution in [-0.4, -0.2) is 193 Å². The van der Waals surface area contributed by atoms with E-state index < -0.39 is 118 Å². The van der Waals surface area contributed by atoms with Crippen molar-refractivity contribution in [1.29, 1.82) is 0 Å². The molecule has 0 aromatic carbocycles. The van der Waals surface area contributed by atoms with E-state index >= 15 is 0 Å². The van der Waals surface area contributed by atoms with Crippen LogP contribution >= 0.6 is 0 Å². The Morgan fingerprint density at radius 1 is 0.612 bits per heavy atom. The van der Waals surface area contributed by atoms with Crippen molar-refractivity contribution in [3.8, 4) is 0 Å². The fourth-order valence-electron chi connectivity index (χ4n) is 6.27. The van der Waals surface area contributed by atoms with Crippen LogP contribution in [0.1, 0.15) is 51.9 Å². The Labute approximate surface area is 283 Å². The fraction of sp³-hybridized carbons (Fsp3) is 0.933. The second kappa shape index (κ2) is 19.8. The van der Waals surface area contributed by atoms with Crippen molar-refractivity contribution in [3.05, 3.63) is 0 Å². The van der Waals surface area contributed by atoms with E-state index in [0.29, 0.717) is 25.7 Å². The summed E-state index contributed by atoms with van der Waals surface area (Å²) in [7, 11) is 1.33. The van der Waals surface area contributed by atoms with Crippen LogP contribution in [0.25, 0.3) is 0 Å². The molecule has 0 unspecified atom stereocenters. The van der Waals surface area contributed by atoms with Gasteiger partial charge in [-0.25, -0.2) is 0 Å². The van der Waals surface area contributed by atoms with Crippen LogP contribution in [0.5, 0.6) is 0 Å². The first-order valence-corrected chi connectivity index (χ1v) is 16.5. The van der Waals surface area contributed by atoms with Gasteiger partial charge >= 0.3 is 5.97 Å². The van der Waals surface area contributed by atoms with Gasteiger partial charge < -0.3 is 84.4 Å². The van der Waals surface area contributed by atoms with E-state index in [1.807, 2.05) is 0 Å². The average molecular weight is 716 g/mol. The van der Waals surface area contributed by atoms with Crippen LogP contribution in [0.15, 0.2) is 0 Å². The summed E-state index contributed by atoms with van der Waals surface area (Å²) in [5.74, 6) is -0.775. The highest BCUT2D eigenvalue weighted by Gasteiger charge is 2.54. The summed E-state index contributed by atoms with van der Waals surface area (Å²) in [6, 6.07) is -1.38. The summed E-state index contributed by atoms with van der Waals surface area (Å²) < 4.78 is 32.4. The number of aliphatic hydroxyl groups is 10. The Morgan fingerprint density at radius 2 is 1.14 bits per heavy atom. The summed E-state index contributed by atoms with van der Waals surface area (Å²) in [4.78, 5) is 25.1. The highest BCUT2D eigenvalue weighted by Crippen LogP contribution is 2.33. The van der Waals surface area contributed by atoms with E-state index in [4.69, 9.17) is 23.7 Å². The molecule has 3 saturated heterocycles. The lowest BCUT2D eigenvalue weighted by atomic mass is 9.94. The monoisotopic (exact) mass is 715 g/mol. The third-order valence-electron chi connectivity index (χ3n) is 9.11. The first kappa shape index (κ1) is 41.8. The lowest BCUT2D eigenvalue weighted by molar-refractivity contribution is -0.376. The zero-order chi connectivity index (χ0) is 36.4. The van der Waals surface area contributed by atoms with Crippen LogP contribution in [0.3, 0.4) is 0 Å². The summed E-state index contributed by atoms with van der Waals surface area (Å²) in [6.07, 6.45) is -19.1. The number of nitrogens with zero attached hydrogens (tertiary/aromatic N) is 1. The number of ether oxygens (including phenoxy) is 6. The molecule has 19 nitrogen and oxygen atoms in total. The molecule has 3 aliphatic heterocycles. The number of unbranched alkanes of at least 4 members (excludes halogenated alkanes) is 5. The van der Waals surface area contributed by atoms with Gasteiger partial charge in [0.25, 0.3) is 0 Å². The van der Waals surface area contributed by atoms with Crippen molar-refractivity contribution in [1.82, 2.24) is 4.90 Å². The van der Waals surface area contributed by atoms with Crippen LogP contribution in [-0.2, 0) is 38.0 Å². The molecule has 0 aromatic rings. The van der Waals surface area contributed by atoms with Crippen LogP contribution in [0.4, 0.5) is 0 Å². The van der Waals surface area contributed by atoms with Crippen molar-refractivity contribution in [3.63, 3.8) is 0 Å². The lowest BCUT2D eigenvalue weighted by Gasteiger charge is -2.49. The second-order valence-corrected chi connectivity index (χ2v) is 12.5. The van der Waals surface area contributed by atoms with Gasteiger partial charge in [0.15, 0.2) is 18.9 Å². The molecule has 15 atom stereocenters. The minimum absolute atomic E-state index is 0.118. The van der Waals surface area contributed by atoms with E-state index in [0.717, 1.165) is 19.3 Å². The largest absolute Gasteiger partial charge is 0.469 e. The summed E-state index contributed by atoms with van der Waals surface area (Å²) in [5.41, 5.74) is 0. The SMILES string of the molecule is COC(=O)CCCCCCCCN(C(C)=O)[C@@H]1[C@@H](O)[C@H](O[C@@H]2O[C@H](CO)[C@H](O)[C@H](O[C@H]3O[C@H](CO)[C@H](O)[C@H](O)[C@H]3O)[C@H]2O)[C@@H](CO)O[C@H]1O. The van der Waals surface area contributed by atoms with Gasteiger partial charge in [-0.2, -0.15) is 0 Å². The van der Waals surface area contributed by atoms with E-state index in [9.17, 15) is 60.7 Å². The molecule has 0 saturated carbocycles. The molecule has 1 amide bonds. The van der Waals surface area contributed by atoms with Gasteiger partial charge in [0.1, 0.15) is 73.2 Å². The third-order valence-corrected chi connectivity index (χ3v) is 9.11. The minimum atomic E-state index is -1.95. The number of rotatable bonds is 17. The van der Waals surface area contributed by atoms with Crippen molar-refractivity contribution in [2.24, 2.45) is 0 Å². The first-order chi connectivity index (χ1) is 23.3. The number of esters is 1. The quantitative estimate of drug-likeness (QED) is 0.0499. The molecule has 3 rings (SSSR count). The number of hydrogen-bond acceptors (Lipinski definition) is 18. The molecule has 49 heavy (non-hydrogen) atoms. The van der Waals surface area contributed by atoms with Crippen LogP contribution in [0, 0.1) is 0 Å². The third kappa shape index (κ3) is 10.5. The zero-order valence-electron chi connectivity index (χ0n) is 27.6. The summed E-state index contributed by atoms with van der Waals surface area (Å²) in [5, 5.41) is 104. The van der Waals surface area contributed by atoms with Gasteiger partial charge in [0, 0.05) is 19.9 Å². The minimum Gasteiger partial charge on any atom is -0.469 e. The molecule has 0 bridgehead atoms. The topological polar surface area (TPSA) is 295 Å². The predicted molar refractivity (Wildman–Crippen MR) is 161 cm³/mol. The number of aliphatic hydroxyl groups excluding tert-OH is 10. The number of hydrogen-bond donors (Lipinski definition) is 10. The highest BCUT2D eigenvalue weighted by molar-refractivity contribution is 5.73. The van der Waals surface area contributed by atoms with Gasteiger partial charge in [-0.15, -0.1) is 0 Å². The van der Waals surface area contributed by atoms with E-state index in [1.165, 1.54) is 18.9 Å². The Hall–Kier alpha value is -1.66. The molecule has 10 N–H and O–H groups in total. The lowest BCUT2D eigenvalue weighted by Crippen LogP contribution is -2.68. The number of amides is 1. The van der Waals surface area contributed by atoms with Crippen LogP contribution in [0.2, 0.25) is 0 Å². The van der Waals surface area contributed by atoms with Crippen molar-refractivity contribution >= 4 is 11.9 Å². The highest BCUT2D eigenvalue weighted by atomic mass is 16.7. The molecule has 3 aliphatic rings. The maximum absolute atomic E-state index is 12.7. The Balaban J connectivity index is 1.70. The zero-order valence-corrected chi connectivity index (χ0v) is 27.6. The van der Waals surface area contributed by atoms with E-state index in [-0.39, 0.29) is 12.5 Å². The maximum atomic E-state index is 12.7. The molecular formula is C30H53NO18. The Bertz CT molecular complexity index is 1010. The molecule has 0 aliphatic carbocycles. The van der Waals surface area contributed by atoms with Gasteiger partial charge in [0.05, 0.1) is 26.9 Å². The fourth-order valence-corrected chi connectivity index (χ4v) is 6.27. The van der Waals surface area contributed by atoms with E-state index in [1.54, 1.807) is 0 Å². The number of carbonyl (C=O) groups is 2. The van der Waals surface area contributed by atoms with Crippen molar-refractivity contribution in [2.75, 3.05) is 33.5 Å². The molecular weight excluding hydrogens is 662 g/mol. The predicted octanol–water partition coefficient (Wildman–Crippen LogP) is -4.81. The van der Waals surface area contributed by atoms with Crippen molar-refractivity contribution in [2.45, 2.75) is 144 Å². The van der Waals surface area contributed by atoms with Gasteiger partial charge in [-0.1, -0.05) is 25.7 Å². The average Bonchev–Trinajstić information content (AvgIpc) is 3.08. The molecule has 0 spiro atoms. The summed E-state index contributed by atoms with van der Waals surface area (Å²) >= 11 is 0. The maximum Gasteiger partial charge on any atom is 0.305 e. The number of carbonyl (C=O) groups excluding carboxylic acids is 2. The smallest absolute Gasteiger partial charge is 0.305 e. The molecule has 0 aromatic heterocycles. The molecule has 19 heteroatoms. The van der Waals surface area contributed by atoms with Crippen LogP contribution < -0.4 is 0 Å². The Kier molecular flexibility index (Phi) is 16.9. The summed E-state index contributed by atoms with van der Waals surface area (Å²) in [6.45, 7) is -1.05. The van der Waals surface area contributed by atoms with Gasteiger partial charge in [-0.05, 0) is 12.8 Å².